The molecule has 0 unspecified atom stereocenters. The Morgan fingerprint density at radius 3 is 2.79 bits per heavy atom. The average molecular weight is 196 g/mol. The third kappa shape index (κ3) is 1.76. The normalized spacial score (nSPS) is 10.8. The van der Waals surface area contributed by atoms with Crippen LogP contribution in [0.15, 0.2) is 30.5 Å². The second-order valence-corrected chi connectivity index (χ2v) is 2.59. The number of nitrogens with zero attached hydrogens (tertiary/aromatic N) is 2. The molecule has 5 heteroatoms. The van der Waals surface area contributed by atoms with Crippen LogP contribution in [0.5, 0.6) is 6.01 Å². The van der Waals surface area contributed by atoms with Crippen LogP contribution >= 0.6 is 0 Å². The first kappa shape index (κ1) is 8.80. The van der Waals surface area contributed by atoms with Crippen LogP contribution in [0.3, 0.4) is 0 Å². The van der Waals surface area contributed by atoms with Gasteiger partial charge in [-0.25, -0.2) is 4.98 Å². The fourth-order valence-electron chi connectivity index (χ4n) is 1.09. The highest BCUT2D eigenvalue weighted by molar-refractivity contribution is 5.77. The van der Waals surface area contributed by atoms with Crippen LogP contribution < -0.4 is 4.74 Å². The predicted molar refractivity (Wildman–Crippen MR) is 46.2 cm³/mol. The zero-order chi connectivity index (χ0) is 9.97. The van der Waals surface area contributed by atoms with Crippen LogP contribution in [-0.4, -0.2) is 16.6 Å². The molecule has 72 valence electrons. The lowest BCUT2D eigenvalue weighted by molar-refractivity contribution is -0.0558. The van der Waals surface area contributed by atoms with Gasteiger partial charge >= 0.3 is 12.6 Å². The Morgan fingerprint density at radius 1 is 1.21 bits per heavy atom. The highest BCUT2D eigenvalue weighted by Crippen LogP contribution is 2.14. The van der Waals surface area contributed by atoms with E-state index in [4.69, 9.17) is 0 Å². The van der Waals surface area contributed by atoms with Gasteiger partial charge in [-0.3, -0.25) is 0 Å². The van der Waals surface area contributed by atoms with Crippen LogP contribution in [0, 0.1) is 0 Å². The molecule has 0 radical (unpaired) electrons. The zero-order valence-electron chi connectivity index (χ0n) is 7.02. The molecule has 1 heterocycles. The van der Waals surface area contributed by atoms with Crippen LogP contribution in [0.25, 0.3) is 10.9 Å². The van der Waals surface area contributed by atoms with E-state index in [9.17, 15) is 8.78 Å². The first-order chi connectivity index (χ1) is 6.75. The molecule has 3 nitrogen and oxygen atoms in total. The number of para-hydroxylation sites is 1. The maximum atomic E-state index is 11.8. The van der Waals surface area contributed by atoms with Crippen molar-refractivity contribution in [2.45, 2.75) is 6.61 Å². The number of alkyl halides is 2. The number of rotatable bonds is 2. The summed E-state index contributed by atoms with van der Waals surface area (Å²) >= 11 is 0. The average Bonchev–Trinajstić information content (AvgIpc) is 2.17. The number of ether oxygens (including phenoxy) is 1. The van der Waals surface area contributed by atoms with E-state index in [0.29, 0.717) is 5.52 Å². The van der Waals surface area contributed by atoms with Crippen LogP contribution in [0.1, 0.15) is 0 Å². The number of hydrogen-bond acceptors (Lipinski definition) is 3. The topological polar surface area (TPSA) is 35.0 Å². The fourth-order valence-corrected chi connectivity index (χ4v) is 1.09. The maximum absolute atomic E-state index is 11.8. The Balaban J connectivity index is 2.41. The van der Waals surface area contributed by atoms with Crippen molar-refractivity contribution in [3.8, 4) is 6.01 Å². The minimum atomic E-state index is -2.89. The van der Waals surface area contributed by atoms with Crippen molar-refractivity contribution in [1.29, 1.82) is 0 Å². The summed E-state index contributed by atoms with van der Waals surface area (Å²) in [6.07, 6.45) is 1.44. The minimum absolute atomic E-state index is 0.307. The van der Waals surface area contributed by atoms with Crippen LogP contribution in [0.2, 0.25) is 0 Å². The van der Waals surface area contributed by atoms with E-state index < -0.39 is 6.61 Å². The van der Waals surface area contributed by atoms with E-state index in [1.54, 1.807) is 18.2 Å². The number of halogens is 2. The number of aromatic nitrogens is 2. The molecule has 1 aromatic heterocycles. The van der Waals surface area contributed by atoms with Gasteiger partial charge in [-0.1, -0.05) is 18.2 Å². The molecule has 0 spiro atoms. The number of benzene rings is 1. The lowest BCUT2D eigenvalue weighted by atomic mass is 10.2. The Kier molecular flexibility index (Phi) is 2.22. The fraction of sp³-hybridized carbons (Fsp3) is 0.111. The van der Waals surface area contributed by atoms with Crippen molar-refractivity contribution in [2.24, 2.45) is 0 Å². The summed E-state index contributed by atoms with van der Waals surface area (Å²) in [5.74, 6) is 0. The van der Waals surface area contributed by atoms with Gasteiger partial charge in [0.25, 0.3) is 0 Å². The third-order valence-corrected chi connectivity index (χ3v) is 1.66. The Labute approximate surface area is 78.4 Å². The molecule has 0 saturated heterocycles. The van der Waals surface area contributed by atoms with Gasteiger partial charge in [-0.05, 0) is 6.07 Å². The predicted octanol–water partition coefficient (Wildman–Crippen LogP) is 2.23. The van der Waals surface area contributed by atoms with Crippen molar-refractivity contribution in [1.82, 2.24) is 9.97 Å². The van der Waals surface area contributed by atoms with Gasteiger partial charge in [0.15, 0.2) is 0 Å². The van der Waals surface area contributed by atoms with Crippen molar-refractivity contribution in [2.75, 3.05) is 0 Å². The molecule has 0 aliphatic heterocycles. The second-order valence-electron chi connectivity index (χ2n) is 2.59. The smallest absolute Gasteiger partial charge is 0.389 e. The standard InChI is InChI=1S/C9H6F2N2O/c10-8(11)14-9-12-5-6-3-1-2-4-7(6)13-9/h1-5,8H. The molecule has 14 heavy (non-hydrogen) atoms. The van der Waals surface area contributed by atoms with E-state index in [0.717, 1.165) is 5.39 Å². The van der Waals surface area contributed by atoms with Crippen molar-refractivity contribution >= 4 is 10.9 Å². The molecule has 0 aliphatic rings. The van der Waals surface area contributed by atoms with Gasteiger partial charge in [-0.15, -0.1) is 0 Å². The van der Waals surface area contributed by atoms with Crippen LogP contribution in [0.4, 0.5) is 8.78 Å². The molecule has 1 aromatic carbocycles. The van der Waals surface area contributed by atoms with Crippen molar-refractivity contribution in [3.63, 3.8) is 0 Å². The molecule has 2 aromatic rings. The van der Waals surface area contributed by atoms with E-state index in [1.807, 2.05) is 6.07 Å². The quantitative estimate of drug-likeness (QED) is 0.738. The van der Waals surface area contributed by atoms with E-state index in [-0.39, 0.29) is 6.01 Å². The van der Waals surface area contributed by atoms with E-state index in [2.05, 4.69) is 14.7 Å². The molecule has 0 bridgehead atoms. The molecule has 0 N–H and O–H groups in total. The Morgan fingerprint density at radius 2 is 2.00 bits per heavy atom. The molecule has 0 saturated carbocycles. The van der Waals surface area contributed by atoms with Crippen molar-refractivity contribution in [3.05, 3.63) is 30.5 Å². The highest BCUT2D eigenvalue weighted by atomic mass is 19.3. The number of hydrogen-bond donors (Lipinski definition) is 0. The summed E-state index contributed by atoms with van der Waals surface area (Å²) in [6, 6.07) is 6.77. The van der Waals surface area contributed by atoms with Crippen LogP contribution in [-0.2, 0) is 0 Å². The van der Waals surface area contributed by atoms with Gasteiger partial charge < -0.3 is 4.74 Å². The van der Waals surface area contributed by atoms with Gasteiger partial charge in [0.2, 0.25) is 0 Å². The molecular weight excluding hydrogens is 190 g/mol. The van der Waals surface area contributed by atoms with E-state index in [1.165, 1.54) is 6.20 Å². The first-order valence-corrected chi connectivity index (χ1v) is 3.92. The summed E-state index contributed by atoms with van der Waals surface area (Å²) in [7, 11) is 0. The minimum Gasteiger partial charge on any atom is -0.401 e. The largest absolute Gasteiger partial charge is 0.401 e. The van der Waals surface area contributed by atoms with Gasteiger partial charge in [-0.2, -0.15) is 13.8 Å². The molecule has 0 atom stereocenters. The summed E-state index contributed by atoms with van der Waals surface area (Å²) < 4.78 is 27.7. The Bertz CT molecular complexity index is 448. The summed E-state index contributed by atoms with van der Waals surface area (Å²) in [6.45, 7) is -2.89. The van der Waals surface area contributed by atoms with Crippen molar-refractivity contribution < 1.29 is 13.5 Å². The third-order valence-electron chi connectivity index (χ3n) is 1.66. The maximum Gasteiger partial charge on any atom is 0.389 e. The van der Waals surface area contributed by atoms with Gasteiger partial charge in [0.1, 0.15) is 0 Å². The lowest BCUT2D eigenvalue weighted by Crippen LogP contribution is -2.05. The summed E-state index contributed by atoms with van der Waals surface area (Å²) in [4.78, 5) is 7.44. The second kappa shape index (κ2) is 3.53. The lowest BCUT2D eigenvalue weighted by Gasteiger charge is -2.02. The summed E-state index contributed by atoms with van der Waals surface area (Å²) in [5.41, 5.74) is 0.582. The van der Waals surface area contributed by atoms with Gasteiger partial charge in [0.05, 0.1) is 5.52 Å². The first-order valence-electron chi connectivity index (χ1n) is 3.92. The zero-order valence-corrected chi connectivity index (χ0v) is 7.02. The molecule has 0 aliphatic carbocycles. The number of fused-ring (bicyclic) bond motifs is 1. The molecule has 0 fully saturated rings. The monoisotopic (exact) mass is 196 g/mol. The molecule has 2 rings (SSSR count). The Hall–Kier alpha value is -1.78. The van der Waals surface area contributed by atoms with Gasteiger partial charge in [0, 0.05) is 11.6 Å². The molecule has 0 amide bonds. The highest BCUT2D eigenvalue weighted by Gasteiger charge is 2.06. The van der Waals surface area contributed by atoms with E-state index >= 15 is 0 Å². The molecular formula is C9H6F2N2O. The summed E-state index contributed by atoms with van der Waals surface area (Å²) in [5, 5.41) is 0.786. The SMILES string of the molecule is FC(F)Oc1ncc2ccccc2n1.